The fraction of sp³-hybridized carbons (Fsp3) is 0.341. The number of carbonyl (C=O) groups excluding carboxylic acids is 2. The number of carboxylic acids is 1. The van der Waals surface area contributed by atoms with Crippen LogP contribution in [0.3, 0.4) is 0 Å². The van der Waals surface area contributed by atoms with E-state index < -0.39 is 12.3 Å². The van der Waals surface area contributed by atoms with Crippen molar-refractivity contribution in [2.45, 2.75) is 76.1 Å². The minimum absolute atomic E-state index is 0.00229. The van der Waals surface area contributed by atoms with Crippen molar-refractivity contribution >= 4 is 29.5 Å². The number of carboxylic acid groups (broad SMARTS) is 1. The molecular weight excluding hydrogens is 665 g/mol. The Kier molecular flexibility index (Phi) is 13.8. The third-order valence-electron chi connectivity index (χ3n) is 9.01. The van der Waals surface area contributed by atoms with E-state index in [1.54, 1.807) is 12.1 Å². The van der Waals surface area contributed by atoms with Gasteiger partial charge in [0.2, 0.25) is 11.8 Å². The average Bonchev–Trinajstić information content (AvgIpc) is 3.15. The summed E-state index contributed by atoms with van der Waals surface area (Å²) in [4.78, 5) is 36.0. The molecule has 0 radical (unpaired) electrons. The van der Waals surface area contributed by atoms with Crippen LogP contribution in [0.4, 0.5) is 0 Å². The van der Waals surface area contributed by atoms with Crippen molar-refractivity contribution in [2.24, 2.45) is 5.92 Å². The first-order valence-electron chi connectivity index (χ1n) is 17.4. The van der Waals surface area contributed by atoms with E-state index in [0.717, 1.165) is 52.6 Å². The largest absolute Gasteiger partial charge is 0.478 e. The van der Waals surface area contributed by atoms with Gasteiger partial charge in [0.1, 0.15) is 0 Å². The summed E-state index contributed by atoms with van der Waals surface area (Å²) in [6, 6.07) is 30.9. The standard InChI is InChI=1S/C41H46N2O7S/c1-27-36(26-51-37-15-6-5-14-35(37)40(47)48)49-41(50-39(27)31-19-17-29(25-44)18-20-31)34-13-9-12-33(23-34)32-11-8-10-30(22-32)24-43-38(46)16-4-3-7-21-42-28(2)45/h5-6,8-15,17-20,22-23,27,36,39,41,44H,3-4,7,16,21,24-26H2,1-2H3,(H,42,45)(H,43,46)(H,47,48)/t27-,36+,39+,41+/m1/s1. The van der Waals surface area contributed by atoms with Crippen LogP contribution in [0.1, 0.15) is 84.5 Å². The van der Waals surface area contributed by atoms with E-state index in [1.165, 1.54) is 18.7 Å². The first-order valence-corrected chi connectivity index (χ1v) is 18.4. The van der Waals surface area contributed by atoms with E-state index >= 15 is 0 Å². The highest BCUT2D eigenvalue weighted by atomic mass is 32.2. The molecule has 1 aliphatic heterocycles. The number of amides is 2. The molecule has 1 aliphatic rings. The zero-order valence-electron chi connectivity index (χ0n) is 29.0. The van der Waals surface area contributed by atoms with Gasteiger partial charge in [-0.15, -0.1) is 11.8 Å². The lowest BCUT2D eigenvalue weighted by atomic mass is 9.91. The van der Waals surface area contributed by atoms with Crippen molar-refractivity contribution in [1.82, 2.24) is 10.6 Å². The van der Waals surface area contributed by atoms with Crippen LogP contribution in [0.5, 0.6) is 0 Å². The van der Waals surface area contributed by atoms with Crippen molar-refractivity contribution in [2.75, 3.05) is 12.3 Å². The van der Waals surface area contributed by atoms with Gasteiger partial charge in [-0.1, -0.05) is 86.1 Å². The van der Waals surface area contributed by atoms with Gasteiger partial charge in [0.15, 0.2) is 6.29 Å². The molecule has 1 fully saturated rings. The Balaban J connectivity index is 1.29. The minimum atomic E-state index is -0.964. The Morgan fingerprint density at radius 3 is 2.27 bits per heavy atom. The molecule has 1 saturated heterocycles. The predicted molar refractivity (Wildman–Crippen MR) is 198 cm³/mol. The van der Waals surface area contributed by atoms with Crippen molar-refractivity contribution < 1.29 is 34.1 Å². The molecule has 4 aromatic rings. The number of aliphatic hydroxyl groups is 1. The van der Waals surface area contributed by atoms with Crippen molar-refractivity contribution in [3.8, 4) is 11.1 Å². The molecule has 0 unspecified atom stereocenters. The summed E-state index contributed by atoms with van der Waals surface area (Å²) in [6.07, 6.45) is 1.71. The van der Waals surface area contributed by atoms with E-state index in [9.17, 15) is 24.6 Å². The third kappa shape index (κ3) is 10.8. The van der Waals surface area contributed by atoms with Crippen LogP contribution in [0.25, 0.3) is 11.1 Å². The van der Waals surface area contributed by atoms with Gasteiger partial charge < -0.3 is 30.3 Å². The van der Waals surface area contributed by atoms with Gasteiger partial charge in [-0.3, -0.25) is 9.59 Å². The Hall–Kier alpha value is -4.48. The number of carbonyl (C=O) groups is 3. The van der Waals surface area contributed by atoms with Crippen LogP contribution in [-0.2, 0) is 32.2 Å². The number of benzene rings is 4. The van der Waals surface area contributed by atoms with Gasteiger partial charge >= 0.3 is 5.97 Å². The second-order valence-electron chi connectivity index (χ2n) is 12.8. The molecule has 0 aromatic heterocycles. The number of ether oxygens (including phenoxy) is 2. The Morgan fingerprint density at radius 2 is 1.53 bits per heavy atom. The lowest BCUT2D eigenvalue weighted by Gasteiger charge is -2.41. The van der Waals surface area contributed by atoms with Gasteiger partial charge in [0.05, 0.1) is 24.4 Å². The summed E-state index contributed by atoms with van der Waals surface area (Å²) < 4.78 is 13.3. The summed E-state index contributed by atoms with van der Waals surface area (Å²) in [5.41, 5.74) is 5.88. The van der Waals surface area contributed by atoms with Gasteiger partial charge in [-0.05, 0) is 64.9 Å². The van der Waals surface area contributed by atoms with Crippen LogP contribution in [-0.4, -0.2) is 46.4 Å². The SMILES string of the molecule is CC(=O)NCCCCCC(=O)NCc1cccc(-c2cccc([C@H]3O[C@@H](CSc4ccccc4C(=O)O)[C@@H](C)[C@@H](c4ccc(CO)cc4)O3)c2)c1. The van der Waals surface area contributed by atoms with Gasteiger partial charge in [0, 0.05) is 48.6 Å². The number of rotatable bonds is 16. The number of hydrogen-bond acceptors (Lipinski definition) is 7. The summed E-state index contributed by atoms with van der Waals surface area (Å²) in [5.74, 6) is -0.523. The van der Waals surface area contributed by atoms with Crippen LogP contribution in [0, 0.1) is 5.92 Å². The molecule has 9 nitrogen and oxygen atoms in total. The maximum atomic E-state index is 12.5. The number of unbranched alkanes of at least 4 members (excludes halogenated alkanes) is 2. The molecule has 0 saturated carbocycles. The quantitative estimate of drug-likeness (QED) is 0.0697. The molecule has 0 bridgehead atoms. The van der Waals surface area contributed by atoms with E-state index in [2.05, 4.69) is 29.7 Å². The van der Waals surface area contributed by atoms with Gasteiger partial charge in [-0.2, -0.15) is 0 Å². The highest BCUT2D eigenvalue weighted by Gasteiger charge is 2.38. The van der Waals surface area contributed by atoms with Crippen molar-refractivity contribution in [3.63, 3.8) is 0 Å². The molecule has 1 heterocycles. The van der Waals surface area contributed by atoms with E-state index in [-0.39, 0.29) is 42.1 Å². The Bertz CT molecular complexity index is 1780. The smallest absolute Gasteiger partial charge is 0.336 e. The molecule has 4 atom stereocenters. The number of nitrogens with one attached hydrogen (secondary N) is 2. The van der Waals surface area contributed by atoms with E-state index in [4.69, 9.17) is 9.47 Å². The Labute approximate surface area is 303 Å². The molecule has 51 heavy (non-hydrogen) atoms. The first kappa shape index (κ1) is 37.8. The lowest BCUT2D eigenvalue weighted by Crippen LogP contribution is -2.38. The summed E-state index contributed by atoms with van der Waals surface area (Å²) >= 11 is 1.46. The van der Waals surface area contributed by atoms with E-state index in [1.807, 2.05) is 72.8 Å². The molecule has 5 rings (SSSR count). The van der Waals surface area contributed by atoms with Crippen molar-refractivity contribution in [3.05, 3.63) is 125 Å². The van der Waals surface area contributed by atoms with Crippen LogP contribution < -0.4 is 10.6 Å². The molecule has 4 N–H and O–H groups in total. The van der Waals surface area contributed by atoms with Crippen LogP contribution in [0.15, 0.2) is 102 Å². The monoisotopic (exact) mass is 710 g/mol. The topological polar surface area (TPSA) is 134 Å². The minimum Gasteiger partial charge on any atom is -0.478 e. The van der Waals surface area contributed by atoms with Gasteiger partial charge in [0.25, 0.3) is 0 Å². The summed E-state index contributed by atoms with van der Waals surface area (Å²) in [5, 5.41) is 25.1. The van der Waals surface area contributed by atoms with Crippen LogP contribution >= 0.6 is 11.8 Å². The highest BCUT2D eigenvalue weighted by molar-refractivity contribution is 7.99. The summed E-state index contributed by atoms with van der Waals surface area (Å²) in [6.45, 7) is 4.60. The number of thioether (sulfide) groups is 1. The molecule has 0 aliphatic carbocycles. The molecule has 4 aromatic carbocycles. The number of aliphatic hydroxyl groups excluding tert-OH is 1. The summed E-state index contributed by atoms with van der Waals surface area (Å²) in [7, 11) is 0. The lowest BCUT2D eigenvalue weighted by molar-refractivity contribution is -0.268. The molecule has 10 heteroatoms. The van der Waals surface area contributed by atoms with Crippen molar-refractivity contribution in [1.29, 1.82) is 0 Å². The fourth-order valence-corrected chi connectivity index (χ4v) is 7.33. The third-order valence-corrected chi connectivity index (χ3v) is 10.2. The zero-order valence-corrected chi connectivity index (χ0v) is 29.9. The number of aromatic carboxylic acids is 1. The second-order valence-corrected chi connectivity index (χ2v) is 13.9. The zero-order chi connectivity index (χ0) is 36.2. The fourth-order valence-electron chi connectivity index (χ4n) is 6.12. The molecule has 2 amide bonds. The predicted octanol–water partition coefficient (Wildman–Crippen LogP) is 7.44. The average molecular weight is 711 g/mol. The van der Waals surface area contributed by atoms with Crippen LogP contribution in [0.2, 0.25) is 0 Å². The highest BCUT2D eigenvalue weighted by Crippen LogP contribution is 2.43. The molecule has 268 valence electrons. The van der Waals surface area contributed by atoms with E-state index in [0.29, 0.717) is 30.2 Å². The number of hydrogen-bond donors (Lipinski definition) is 4. The molecule has 0 spiro atoms. The Morgan fingerprint density at radius 1 is 0.784 bits per heavy atom. The normalized spacial score (nSPS) is 18.6. The first-order chi connectivity index (χ1) is 24.7. The second kappa shape index (κ2) is 18.7. The maximum Gasteiger partial charge on any atom is 0.336 e. The maximum absolute atomic E-state index is 12.5. The van der Waals surface area contributed by atoms with Gasteiger partial charge in [-0.25, -0.2) is 4.79 Å². The molecular formula is C41H46N2O7S.